The standard InChI is InChI=1S/C15H13F3O/c1-9-4-11(16)2-3-14(9)15(19)7-10-5-12(17)8-13(18)6-10/h2-6,8,15,19H,7H2,1H3. The van der Waals surface area contributed by atoms with Crippen molar-refractivity contribution in [2.45, 2.75) is 19.4 Å². The Labute approximate surface area is 109 Å². The lowest BCUT2D eigenvalue weighted by molar-refractivity contribution is 0.177. The van der Waals surface area contributed by atoms with E-state index in [0.717, 1.165) is 6.07 Å². The molecule has 0 bridgehead atoms. The number of aryl methyl sites for hydroxylation is 1. The van der Waals surface area contributed by atoms with E-state index in [1.165, 1.54) is 30.3 Å². The monoisotopic (exact) mass is 266 g/mol. The third-order valence-corrected chi connectivity index (χ3v) is 2.94. The molecule has 1 unspecified atom stereocenters. The van der Waals surface area contributed by atoms with Crippen molar-refractivity contribution in [1.29, 1.82) is 0 Å². The highest BCUT2D eigenvalue weighted by atomic mass is 19.1. The first kappa shape index (κ1) is 13.6. The minimum atomic E-state index is -0.929. The second kappa shape index (κ2) is 5.45. The zero-order valence-electron chi connectivity index (χ0n) is 10.3. The Balaban J connectivity index is 2.22. The number of rotatable bonds is 3. The van der Waals surface area contributed by atoms with E-state index in [9.17, 15) is 18.3 Å². The summed E-state index contributed by atoms with van der Waals surface area (Å²) in [6.07, 6.45) is -0.858. The summed E-state index contributed by atoms with van der Waals surface area (Å²) in [7, 11) is 0. The fourth-order valence-corrected chi connectivity index (χ4v) is 2.08. The first-order valence-corrected chi connectivity index (χ1v) is 5.85. The van der Waals surface area contributed by atoms with Crippen molar-refractivity contribution in [1.82, 2.24) is 0 Å². The minimum absolute atomic E-state index is 0.0706. The number of hydrogen-bond acceptors (Lipinski definition) is 1. The van der Waals surface area contributed by atoms with Crippen LogP contribution >= 0.6 is 0 Å². The summed E-state index contributed by atoms with van der Waals surface area (Å²) >= 11 is 0. The van der Waals surface area contributed by atoms with Gasteiger partial charge < -0.3 is 5.11 Å². The molecule has 1 N–H and O–H groups in total. The maximum absolute atomic E-state index is 13.0. The topological polar surface area (TPSA) is 20.2 Å². The Hall–Kier alpha value is -1.81. The average molecular weight is 266 g/mol. The number of hydrogen-bond donors (Lipinski definition) is 1. The van der Waals surface area contributed by atoms with Crippen molar-refractivity contribution in [3.05, 3.63) is 70.5 Å². The van der Waals surface area contributed by atoms with Crippen LogP contribution in [0.3, 0.4) is 0 Å². The molecular weight excluding hydrogens is 253 g/mol. The second-order valence-electron chi connectivity index (χ2n) is 4.50. The quantitative estimate of drug-likeness (QED) is 0.898. The zero-order chi connectivity index (χ0) is 14.0. The van der Waals surface area contributed by atoms with Crippen LogP contribution in [0.25, 0.3) is 0 Å². The maximum Gasteiger partial charge on any atom is 0.126 e. The second-order valence-corrected chi connectivity index (χ2v) is 4.50. The van der Waals surface area contributed by atoms with E-state index < -0.39 is 17.7 Å². The normalized spacial score (nSPS) is 12.5. The highest BCUT2D eigenvalue weighted by Gasteiger charge is 2.13. The van der Waals surface area contributed by atoms with E-state index in [4.69, 9.17) is 0 Å². The zero-order valence-corrected chi connectivity index (χ0v) is 10.3. The number of aliphatic hydroxyl groups excluding tert-OH is 1. The van der Waals surface area contributed by atoms with Gasteiger partial charge in [-0.05, 0) is 47.9 Å². The van der Waals surface area contributed by atoms with Gasteiger partial charge >= 0.3 is 0 Å². The van der Waals surface area contributed by atoms with Gasteiger partial charge in [-0.2, -0.15) is 0 Å². The molecule has 100 valence electrons. The van der Waals surface area contributed by atoms with Crippen LogP contribution in [0.2, 0.25) is 0 Å². The number of benzene rings is 2. The molecule has 0 spiro atoms. The van der Waals surface area contributed by atoms with E-state index in [2.05, 4.69) is 0 Å². The van der Waals surface area contributed by atoms with Gasteiger partial charge in [0.1, 0.15) is 17.5 Å². The smallest absolute Gasteiger partial charge is 0.126 e. The Morgan fingerprint density at radius 1 is 0.947 bits per heavy atom. The number of aliphatic hydroxyl groups is 1. The fourth-order valence-electron chi connectivity index (χ4n) is 2.08. The molecule has 0 aliphatic rings. The predicted molar refractivity (Wildman–Crippen MR) is 66.2 cm³/mol. The molecule has 0 fully saturated rings. The van der Waals surface area contributed by atoms with Crippen molar-refractivity contribution < 1.29 is 18.3 Å². The molecule has 0 saturated heterocycles. The molecule has 0 radical (unpaired) electrons. The molecule has 2 rings (SSSR count). The van der Waals surface area contributed by atoms with Crippen LogP contribution in [-0.4, -0.2) is 5.11 Å². The highest BCUT2D eigenvalue weighted by molar-refractivity contribution is 5.30. The molecule has 2 aromatic rings. The summed E-state index contributed by atoms with van der Waals surface area (Å²) in [6.45, 7) is 1.67. The molecule has 1 atom stereocenters. The Bertz CT molecular complexity index is 576. The van der Waals surface area contributed by atoms with Crippen LogP contribution < -0.4 is 0 Å². The van der Waals surface area contributed by atoms with E-state index in [1.807, 2.05) is 0 Å². The number of halogens is 3. The van der Waals surface area contributed by atoms with Crippen molar-refractivity contribution >= 4 is 0 Å². The van der Waals surface area contributed by atoms with Gasteiger partial charge in [-0.25, -0.2) is 13.2 Å². The minimum Gasteiger partial charge on any atom is -0.388 e. The lowest BCUT2D eigenvalue weighted by Gasteiger charge is -2.14. The Morgan fingerprint density at radius 3 is 2.16 bits per heavy atom. The first-order chi connectivity index (χ1) is 8.95. The summed E-state index contributed by atoms with van der Waals surface area (Å²) in [5.74, 6) is -1.75. The molecule has 2 aromatic carbocycles. The molecule has 0 saturated carbocycles. The van der Waals surface area contributed by atoms with Crippen molar-refractivity contribution in [2.75, 3.05) is 0 Å². The van der Waals surface area contributed by atoms with Crippen LogP contribution in [0.4, 0.5) is 13.2 Å². The summed E-state index contributed by atoms with van der Waals surface area (Å²) in [5.41, 5.74) is 1.50. The van der Waals surface area contributed by atoms with Crippen molar-refractivity contribution in [3.63, 3.8) is 0 Å². The fraction of sp³-hybridized carbons (Fsp3) is 0.200. The van der Waals surface area contributed by atoms with Gasteiger partial charge in [0.2, 0.25) is 0 Å². The van der Waals surface area contributed by atoms with Crippen LogP contribution in [0.5, 0.6) is 0 Å². The molecule has 0 aliphatic heterocycles. The van der Waals surface area contributed by atoms with Crippen LogP contribution in [-0.2, 0) is 6.42 Å². The SMILES string of the molecule is Cc1cc(F)ccc1C(O)Cc1cc(F)cc(F)c1. The lowest BCUT2D eigenvalue weighted by Crippen LogP contribution is -2.05. The van der Waals surface area contributed by atoms with E-state index in [0.29, 0.717) is 16.7 Å². The van der Waals surface area contributed by atoms with Gasteiger partial charge in [0.05, 0.1) is 6.10 Å². The van der Waals surface area contributed by atoms with Gasteiger partial charge in [-0.15, -0.1) is 0 Å². The molecule has 0 aromatic heterocycles. The Morgan fingerprint density at radius 2 is 1.58 bits per heavy atom. The summed E-state index contributed by atoms with van der Waals surface area (Å²) < 4.78 is 39.0. The average Bonchev–Trinajstić information content (AvgIpc) is 2.26. The predicted octanol–water partition coefficient (Wildman–Crippen LogP) is 3.69. The van der Waals surface area contributed by atoms with Gasteiger partial charge in [0.15, 0.2) is 0 Å². The molecule has 1 nitrogen and oxygen atoms in total. The molecule has 0 heterocycles. The van der Waals surface area contributed by atoms with Gasteiger partial charge in [-0.1, -0.05) is 6.07 Å². The molecule has 19 heavy (non-hydrogen) atoms. The summed E-state index contributed by atoms with van der Waals surface area (Å²) in [6, 6.07) is 7.16. The third kappa shape index (κ3) is 3.35. The lowest BCUT2D eigenvalue weighted by atomic mass is 9.97. The molecule has 4 heteroatoms. The van der Waals surface area contributed by atoms with E-state index >= 15 is 0 Å². The van der Waals surface area contributed by atoms with Gasteiger partial charge in [0.25, 0.3) is 0 Å². The van der Waals surface area contributed by atoms with Gasteiger partial charge in [0, 0.05) is 12.5 Å². The first-order valence-electron chi connectivity index (χ1n) is 5.85. The van der Waals surface area contributed by atoms with E-state index in [1.54, 1.807) is 6.92 Å². The molecular formula is C15H13F3O. The van der Waals surface area contributed by atoms with Gasteiger partial charge in [-0.3, -0.25) is 0 Å². The molecule has 0 amide bonds. The highest BCUT2D eigenvalue weighted by Crippen LogP contribution is 2.23. The maximum atomic E-state index is 13.0. The largest absolute Gasteiger partial charge is 0.388 e. The summed E-state index contributed by atoms with van der Waals surface area (Å²) in [5, 5.41) is 10.1. The van der Waals surface area contributed by atoms with Crippen LogP contribution in [0.15, 0.2) is 36.4 Å². The van der Waals surface area contributed by atoms with Crippen LogP contribution in [0, 0.1) is 24.4 Å². The summed E-state index contributed by atoms with van der Waals surface area (Å²) in [4.78, 5) is 0. The van der Waals surface area contributed by atoms with Crippen LogP contribution in [0.1, 0.15) is 22.8 Å². The van der Waals surface area contributed by atoms with Crippen molar-refractivity contribution in [3.8, 4) is 0 Å². The Kier molecular flexibility index (Phi) is 3.90. The van der Waals surface area contributed by atoms with E-state index in [-0.39, 0.29) is 12.2 Å². The third-order valence-electron chi connectivity index (χ3n) is 2.94. The molecule has 0 aliphatic carbocycles. The van der Waals surface area contributed by atoms with Crippen molar-refractivity contribution in [2.24, 2.45) is 0 Å².